The zero-order valence-electron chi connectivity index (χ0n) is 30.3. The van der Waals surface area contributed by atoms with Gasteiger partial charge >= 0.3 is 0 Å². The Morgan fingerprint density at radius 2 is 1.35 bits per heavy atom. The monoisotopic (exact) mass is 946 g/mol. The summed E-state index contributed by atoms with van der Waals surface area (Å²) in [5, 5.41) is 4.88. The van der Waals surface area contributed by atoms with E-state index in [1.807, 2.05) is 79.0 Å². The molecule has 0 aliphatic carbocycles. The summed E-state index contributed by atoms with van der Waals surface area (Å²) >= 11 is 0. The van der Waals surface area contributed by atoms with E-state index >= 15 is 0 Å². The fourth-order valence-electron chi connectivity index (χ4n) is 6.42. The van der Waals surface area contributed by atoms with E-state index in [1.54, 1.807) is 0 Å². The molecule has 0 aliphatic heterocycles. The molecule has 2 aromatic heterocycles. The Morgan fingerprint density at radius 3 is 2.15 bits per heavy atom. The van der Waals surface area contributed by atoms with Gasteiger partial charge in [-0.15, -0.1) is 54.1 Å². The van der Waals surface area contributed by atoms with Gasteiger partial charge in [0.05, 0.1) is 11.0 Å². The topological polar surface area (TPSA) is 30.7 Å². The third-order valence-electron chi connectivity index (χ3n) is 9.11. The molecule has 2 heterocycles. The van der Waals surface area contributed by atoms with Crippen molar-refractivity contribution in [2.45, 2.75) is 26.2 Å². The Labute approximate surface area is 358 Å². The van der Waals surface area contributed by atoms with E-state index in [2.05, 4.69) is 133 Å². The van der Waals surface area contributed by atoms with Gasteiger partial charge < -0.3 is 20.6 Å². The average Bonchev–Trinajstić information content (AvgIpc) is 3.58. The van der Waals surface area contributed by atoms with Crippen molar-refractivity contribution in [2.24, 2.45) is 0 Å². The van der Waals surface area contributed by atoms with Crippen LogP contribution in [0.2, 0.25) is 0 Å². The maximum absolute atomic E-state index is 4.98. The van der Waals surface area contributed by atoms with E-state index in [4.69, 9.17) is 4.98 Å². The summed E-state index contributed by atoms with van der Waals surface area (Å²) in [6.07, 6.45) is 1.87. The fourth-order valence-corrected chi connectivity index (χ4v) is 6.42. The number of pyridine rings is 1. The van der Waals surface area contributed by atoms with Crippen molar-refractivity contribution >= 4 is 41.0 Å². The molecule has 9 rings (SSSR count). The molecule has 5 radical (unpaired) electrons. The fraction of sp³-hybridized carbons (Fsp3) is 0.0833. The number of hydrogen-bond donors (Lipinski definition) is 0. The number of rotatable bonds is 4. The molecule has 0 unspecified atom stereocenters. The SMILES string of the molecule is CC(C)(C)c1ccnc(-c2[c-]cccc2)c1.[B].[Ir].[Y].[c-]1ccc(-c2[c-]cc3ccc4ccccc4c3c2)[c-]c1-c1nc2ccccc2n1-c1ccccc1. The van der Waals surface area contributed by atoms with Crippen molar-refractivity contribution < 1.29 is 52.8 Å². The van der Waals surface area contributed by atoms with Crippen molar-refractivity contribution in [3.05, 3.63) is 188 Å². The first-order valence-electron chi connectivity index (χ1n) is 17.2. The van der Waals surface area contributed by atoms with Gasteiger partial charge in [0.25, 0.3) is 0 Å². The van der Waals surface area contributed by atoms with Crippen LogP contribution in [-0.2, 0) is 58.2 Å². The van der Waals surface area contributed by atoms with Gasteiger partial charge in [-0.05, 0) is 63.6 Å². The number of hydrogen-bond acceptors (Lipinski definition) is 2. The number of para-hydroxylation sites is 3. The van der Waals surface area contributed by atoms with Crippen LogP contribution in [0.15, 0.2) is 158 Å². The summed E-state index contributed by atoms with van der Waals surface area (Å²) in [7, 11) is 0. The molecule has 0 amide bonds. The minimum Gasteiger partial charge on any atom is -0.374 e. The van der Waals surface area contributed by atoms with Crippen LogP contribution < -0.4 is 0 Å². The molecule has 7 aromatic carbocycles. The predicted molar refractivity (Wildman–Crippen MR) is 216 cm³/mol. The minimum absolute atomic E-state index is 0. The minimum atomic E-state index is 0. The van der Waals surface area contributed by atoms with Crippen LogP contribution in [0.1, 0.15) is 26.3 Å². The van der Waals surface area contributed by atoms with E-state index in [1.165, 1.54) is 27.1 Å². The smallest absolute Gasteiger partial charge is 0.0668 e. The molecular formula is C48H35BIrN3Y-4. The number of imidazole rings is 1. The van der Waals surface area contributed by atoms with Gasteiger partial charge in [-0.2, -0.15) is 5.56 Å². The molecule has 0 bridgehead atoms. The van der Waals surface area contributed by atoms with Crippen LogP contribution in [0.5, 0.6) is 0 Å². The molecule has 261 valence electrons. The van der Waals surface area contributed by atoms with Crippen LogP contribution in [0, 0.1) is 24.3 Å². The number of nitrogens with zero attached hydrogens (tertiary/aromatic N) is 3. The molecule has 0 spiro atoms. The normalized spacial score (nSPS) is 10.8. The van der Waals surface area contributed by atoms with Gasteiger partial charge in [0.2, 0.25) is 0 Å². The zero-order chi connectivity index (χ0) is 34.8. The van der Waals surface area contributed by atoms with Gasteiger partial charge in [0.15, 0.2) is 0 Å². The molecule has 54 heavy (non-hydrogen) atoms. The average molecular weight is 946 g/mol. The summed E-state index contributed by atoms with van der Waals surface area (Å²) in [5.74, 6) is 0.825. The predicted octanol–water partition coefficient (Wildman–Crippen LogP) is 11.5. The zero-order valence-corrected chi connectivity index (χ0v) is 35.6. The maximum atomic E-state index is 4.98. The van der Waals surface area contributed by atoms with Crippen LogP contribution in [0.3, 0.4) is 0 Å². The van der Waals surface area contributed by atoms with E-state index in [0.717, 1.165) is 50.5 Å². The van der Waals surface area contributed by atoms with Gasteiger partial charge in [0.1, 0.15) is 0 Å². The molecule has 0 saturated heterocycles. The molecule has 0 atom stereocenters. The standard InChI is InChI=1S/C33H19N2.C15H16N.B.Ir.Y/c1-2-12-28(13-3-1)35-32-16-7-6-15-31(32)34-33(35)27-11-8-10-25(21-27)26-20-19-24-18-17-23-9-4-5-14-29(23)30(24)22-26;1-15(2,3)13-9-10-16-14(11-13)12-7-5-4-6-8-12;;;/h1-10,12-19,22H;4-7,9-11H,1-3H3;;;/q-3;-1;;;. The van der Waals surface area contributed by atoms with Crippen molar-refractivity contribution in [1.82, 2.24) is 14.5 Å². The molecular weight excluding hydrogens is 910 g/mol. The van der Waals surface area contributed by atoms with Crippen LogP contribution >= 0.6 is 0 Å². The Hall–Kier alpha value is -4.50. The summed E-state index contributed by atoms with van der Waals surface area (Å²) < 4.78 is 2.18. The molecule has 0 saturated carbocycles. The summed E-state index contributed by atoms with van der Waals surface area (Å²) in [6.45, 7) is 6.63. The molecule has 0 N–H and O–H groups in total. The summed E-state index contributed by atoms with van der Waals surface area (Å²) in [4.78, 5) is 9.37. The van der Waals surface area contributed by atoms with Gasteiger partial charge in [0, 0.05) is 73.1 Å². The Morgan fingerprint density at radius 1 is 0.611 bits per heavy atom. The number of aromatic nitrogens is 3. The quantitative estimate of drug-likeness (QED) is 0.1000. The van der Waals surface area contributed by atoms with E-state index in [-0.39, 0.29) is 66.6 Å². The second-order valence-electron chi connectivity index (χ2n) is 13.6. The largest absolute Gasteiger partial charge is 0.374 e. The first kappa shape index (κ1) is 40.7. The summed E-state index contributed by atoms with van der Waals surface area (Å²) in [6, 6.07) is 65.5. The maximum Gasteiger partial charge on any atom is 0.0668 e. The third kappa shape index (κ3) is 8.57. The van der Waals surface area contributed by atoms with Crippen molar-refractivity contribution in [3.63, 3.8) is 0 Å². The van der Waals surface area contributed by atoms with Gasteiger partial charge in [-0.25, -0.2) is 6.07 Å². The van der Waals surface area contributed by atoms with Crippen molar-refractivity contribution in [3.8, 4) is 39.5 Å². The molecule has 9 aromatic rings. The Kier molecular flexibility index (Phi) is 13.4. The number of benzene rings is 7. The first-order chi connectivity index (χ1) is 24.9. The van der Waals surface area contributed by atoms with E-state index < -0.39 is 0 Å². The van der Waals surface area contributed by atoms with Gasteiger partial charge in [-0.1, -0.05) is 104 Å². The van der Waals surface area contributed by atoms with Crippen molar-refractivity contribution in [2.75, 3.05) is 0 Å². The van der Waals surface area contributed by atoms with Crippen LogP contribution in [0.25, 0.3) is 72.0 Å². The van der Waals surface area contributed by atoms with Crippen LogP contribution in [0.4, 0.5) is 0 Å². The molecule has 0 aliphatic rings. The summed E-state index contributed by atoms with van der Waals surface area (Å²) in [5.41, 5.74) is 9.38. The second kappa shape index (κ2) is 17.8. The van der Waals surface area contributed by atoms with Crippen LogP contribution in [-0.4, -0.2) is 22.9 Å². The third-order valence-corrected chi connectivity index (χ3v) is 9.11. The van der Waals surface area contributed by atoms with Crippen molar-refractivity contribution in [1.29, 1.82) is 0 Å². The molecule has 6 heteroatoms. The van der Waals surface area contributed by atoms with E-state index in [0.29, 0.717) is 0 Å². The second-order valence-corrected chi connectivity index (χ2v) is 13.6. The molecule has 3 nitrogen and oxygen atoms in total. The Bertz CT molecular complexity index is 2630. The Balaban J connectivity index is 0.000000252. The van der Waals surface area contributed by atoms with Gasteiger partial charge in [-0.3, -0.25) is 23.3 Å². The first-order valence-corrected chi connectivity index (χ1v) is 17.2. The number of fused-ring (bicyclic) bond motifs is 4. The van der Waals surface area contributed by atoms with E-state index in [9.17, 15) is 0 Å². The molecule has 0 fully saturated rings.